The smallest absolute Gasteiger partial charge is 0.228 e. The van der Waals surface area contributed by atoms with Gasteiger partial charge in [-0.3, -0.25) is 4.79 Å². The van der Waals surface area contributed by atoms with Crippen molar-refractivity contribution in [2.24, 2.45) is 11.8 Å². The van der Waals surface area contributed by atoms with Crippen molar-refractivity contribution in [2.45, 2.75) is 31.6 Å². The third kappa shape index (κ3) is 2.84. The Morgan fingerprint density at radius 3 is 1.93 bits per heavy atom. The molecule has 0 fully saturated rings. The van der Waals surface area contributed by atoms with Crippen LogP contribution in [0.5, 0.6) is 5.75 Å². The van der Waals surface area contributed by atoms with Gasteiger partial charge in [-0.1, -0.05) is 74.0 Å². The van der Waals surface area contributed by atoms with Crippen molar-refractivity contribution < 1.29 is 9.53 Å². The number of para-hydroxylation sites is 2. The molecule has 3 heteroatoms. The van der Waals surface area contributed by atoms with E-state index in [1.165, 1.54) is 22.3 Å². The van der Waals surface area contributed by atoms with Crippen LogP contribution in [0.25, 0.3) is 0 Å². The maximum atomic E-state index is 13.8. The van der Waals surface area contributed by atoms with E-state index in [-0.39, 0.29) is 23.7 Å². The lowest BCUT2D eigenvalue weighted by atomic mass is 9.53. The van der Waals surface area contributed by atoms with Crippen LogP contribution < -0.4 is 10.1 Å². The summed E-state index contributed by atoms with van der Waals surface area (Å²) in [5.41, 5.74) is 6.17. The van der Waals surface area contributed by atoms with Crippen molar-refractivity contribution in [1.29, 1.82) is 0 Å². The van der Waals surface area contributed by atoms with E-state index >= 15 is 0 Å². The van der Waals surface area contributed by atoms with Crippen molar-refractivity contribution in [2.75, 3.05) is 12.4 Å². The fourth-order valence-corrected chi connectivity index (χ4v) is 5.78. The molecular formula is C27H27NO2. The number of methoxy groups -OCH3 is 1. The molecule has 0 saturated heterocycles. The van der Waals surface area contributed by atoms with Crippen LogP contribution in [0, 0.1) is 11.8 Å². The topological polar surface area (TPSA) is 38.3 Å². The van der Waals surface area contributed by atoms with Gasteiger partial charge >= 0.3 is 0 Å². The predicted molar refractivity (Wildman–Crippen MR) is 120 cm³/mol. The van der Waals surface area contributed by atoms with Gasteiger partial charge in [0.2, 0.25) is 5.91 Å². The van der Waals surface area contributed by atoms with E-state index in [0.29, 0.717) is 11.7 Å². The van der Waals surface area contributed by atoms with Gasteiger partial charge in [0.05, 0.1) is 18.7 Å². The first-order valence-corrected chi connectivity index (χ1v) is 10.9. The average molecular weight is 398 g/mol. The molecule has 1 N–H and O–H groups in total. The zero-order valence-electron chi connectivity index (χ0n) is 17.5. The summed E-state index contributed by atoms with van der Waals surface area (Å²) in [4.78, 5) is 13.8. The molecule has 3 aromatic rings. The lowest BCUT2D eigenvalue weighted by molar-refractivity contribution is -0.123. The molecule has 3 aliphatic rings. The highest BCUT2D eigenvalue weighted by Crippen LogP contribution is 2.59. The number of carbonyl (C=O) groups excluding carboxylic acids is 1. The molecule has 0 radical (unpaired) electrons. The largest absolute Gasteiger partial charge is 0.495 e. The second-order valence-electron chi connectivity index (χ2n) is 8.38. The summed E-state index contributed by atoms with van der Waals surface area (Å²) in [7, 11) is 1.64. The molecule has 3 nitrogen and oxygen atoms in total. The van der Waals surface area contributed by atoms with Crippen LogP contribution in [-0.2, 0) is 4.79 Å². The van der Waals surface area contributed by atoms with E-state index in [2.05, 4.69) is 60.8 Å². The second-order valence-corrected chi connectivity index (χ2v) is 8.38. The molecule has 6 rings (SSSR count). The number of amides is 1. The predicted octanol–water partition coefficient (Wildman–Crippen LogP) is 5.96. The molecule has 152 valence electrons. The van der Waals surface area contributed by atoms with Crippen LogP contribution in [0.3, 0.4) is 0 Å². The Kier molecular flexibility index (Phi) is 4.82. The zero-order valence-corrected chi connectivity index (χ0v) is 17.5. The van der Waals surface area contributed by atoms with Crippen LogP contribution in [0.1, 0.15) is 53.9 Å². The highest BCUT2D eigenvalue weighted by atomic mass is 16.5. The van der Waals surface area contributed by atoms with E-state index in [1.807, 2.05) is 24.3 Å². The first kappa shape index (κ1) is 18.9. The first-order chi connectivity index (χ1) is 14.7. The number of fused-ring (bicyclic) bond motifs is 1. The Hall–Kier alpha value is -3.07. The molecule has 1 amide bonds. The number of benzene rings is 3. The average Bonchev–Trinajstić information content (AvgIpc) is 2.79. The summed E-state index contributed by atoms with van der Waals surface area (Å²) in [5.74, 6) is 1.35. The van der Waals surface area contributed by atoms with Crippen molar-refractivity contribution in [1.82, 2.24) is 0 Å². The Bertz CT molecular complexity index is 1040. The van der Waals surface area contributed by atoms with Gasteiger partial charge in [0, 0.05) is 11.8 Å². The third-order valence-electron chi connectivity index (χ3n) is 6.87. The minimum atomic E-state index is -0.0929. The van der Waals surface area contributed by atoms with E-state index in [0.717, 1.165) is 18.5 Å². The van der Waals surface area contributed by atoms with Crippen molar-refractivity contribution in [3.63, 3.8) is 0 Å². The molecule has 30 heavy (non-hydrogen) atoms. The Morgan fingerprint density at radius 2 is 1.37 bits per heavy atom. The highest BCUT2D eigenvalue weighted by molar-refractivity contribution is 5.96. The van der Waals surface area contributed by atoms with Gasteiger partial charge in [0.15, 0.2) is 0 Å². The zero-order chi connectivity index (χ0) is 20.7. The van der Waals surface area contributed by atoms with E-state index in [9.17, 15) is 4.79 Å². The molecule has 2 atom stereocenters. The molecule has 0 aromatic heterocycles. The molecule has 2 bridgehead atoms. The number of nitrogens with one attached hydrogen (secondary N) is 1. The minimum Gasteiger partial charge on any atom is -0.495 e. The van der Waals surface area contributed by atoms with Gasteiger partial charge in [-0.15, -0.1) is 0 Å². The standard InChI is InChI=1S/C27H27NO2/c1-3-10-21-24-17-11-4-6-13-19(17)25(20-14-7-5-12-18(20)24)26(21)27(29)28-22-15-8-9-16-23(22)30-2/h4-9,11-16,21,24-26H,3,10H2,1-2H3,(H,28,29)/t21-,24?,25?,26-/m1/s1. The monoisotopic (exact) mass is 397 g/mol. The molecule has 3 aliphatic carbocycles. The van der Waals surface area contributed by atoms with Gasteiger partial charge in [-0.2, -0.15) is 0 Å². The number of anilines is 1. The molecule has 0 spiro atoms. The van der Waals surface area contributed by atoms with E-state index < -0.39 is 0 Å². The van der Waals surface area contributed by atoms with Gasteiger partial charge in [0.1, 0.15) is 5.75 Å². The highest BCUT2D eigenvalue weighted by Gasteiger charge is 2.51. The summed E-state index contributed by atoms with van der Waals surface area (Å²) in [6.45, 7) is 2.22. The van der Waals surface area contributed by atoms with Gasteiger partial charge < -0.3 is 10.1 Å². The van der Waals surface area contributed by atoms with Gasteiger partial charge in [0.25, 0.3) is 0 Å². The van der Waals surface area contributed by atoms with Gasteiger partial charge in [-0.25, -0.2) is 0 Å². The minimum absolute atomic E-state index is 0.0913. The normalized spacial score (nSPS) is 23.4. The molecule has 0 saturated carbocycles. The Balaban J connectivity index is 1.62. The quantitative estimate of drug-likeness (QED) is 0.577. The summed E-state index contributed by atoms with van der Waals surface area (Å²) < 4.78 is 5.47. The molecule has 0 unspecified atom stereocenters. The molecular weight excluding hydrogens is 370 g/mol. The van der Waals surface area contributed by atoms with Crippen molar-refractivity contribution in [3.8, 4) is 5.75 Å². The van der Waals surface area contributed by atoms with Crippen molar-refractivity contribution >= 4 is 11.6 Å². The van der Waals surface area contributed by atoms with Crippen LogP contribution in [-0.4, -0.2) is 13.0 Å². The molecule has 0 heterocycles. The van der Waals surface area contributed by atoms with Crippen LogP contribution in [0.4, 0.5) is 5.69 Å². The Labute approximate surface area is 178 Å². The lowest BCUT2D eigenvalue weighted by Gasteiger charge is -2.50. The summed E-state index contributed by atoms with van der Waals surface area (Å²) in [5, 5.41) is 3.20. The summed E-state index contributed by atoms with van der Waals surface area (Å²) >= 11 is 0. The number of ether oxygens (including phenoxy) is 1. The SMILES string of the molecule is CCC[C@@H]1C2c3ccccc3C(c3ccccc32)[C@@H]1C(=O)Nc1ccccc1OC. The maximum absolute atomic E-state index is 13.8. The van der Waals surface area contributed by atoms with Crippen molar-refractivity contribution in [3.05, 3.63) is 95.1 Å². The number of hydrogen-bond donors (Lipinski definition) is 1. The number of carbonyl (C=O) groups is 1. The lowest BCUT2D eigenvalue weighted by Crippen LogP contribution is -2.45. The summed E-state index contributed by atoms with van der Waals surface area (Å²) in [6, 6.07) is 25.1. The Morgan fingerprint density at radius 1 is 0.833 bits per heavy atom. The molecule has 0 aliphatic heterocycles. The second kappa shape index (κ2) is 7.64. The first-order valence-electron chi connectivity index (χ1n) is 10.9. The maximum Gasteiger partial charge on any atom is 0.228 e. The fraction of sp³-hybridized carbons (Fsp3) is 0.296. The van der Waals surface area contributed by atoms with E-state index in [4.69, 9.17) is 4.74 Å². The van der Waals surface area contributed by atoms with Crippen LogP contribution in [0.2, 0.25) is 0 Å². The fourth-order valence-electron chi connectivity index (χ4n) is 5.78. The third-order valence-corrected chi connectivity index (χ3v) is 6.87. The number of rotatable bonds is 5. The van der Waals surface area contributed by atoms with Crippen LogP contribution >= 0.6 is 0 Å². The van der Waals surface area contributed by atoms with E-state index in [1.54, 1.807) is 7.11 Å². The summed E-state index contributed by atoms with van der Waals surface area (Å²) in [6.07, 6.45) is 2.10. The van der Waals surface area contributed by atoms with Crippen LogP contribution in [0.15, 0.2) is 72.8 Å². The number of hydrogen-bond acceptors (Lipinski definition) is 2. The van der Waals surface area contributed by atoms with Gasteiger partial charge in [-0.05, 0) is 46.7 Å². The molecule has 3 aromatic carbocycles.